The number of hydrogen-bond acceptors (Lipinski definition) is 3. The number of hydrogen-bond donors (Lipinski definition) is 3. The van der Waals surface area contributed by atoms with Gasteiger partial charge in [-0.05, 0) is 48.1 Å². The van der Waals surface area contributed by atoms with Crippen molar-refractivity contribution in [2.24, 2.45) is 5.92 Å². The second-order valence-electron chi connectivity index (χ2n) is 6.35. The lowest BCUT2D eigenvalue weighted by Gasteiger charge is -2.16. The van der Waals surface area contributed by atoms with Crippen molar-refractivity contribution in [2.75, 3.05) is 6.61 Å². The number of nitrogens with one attached hydrogen (secondary N) is 1. The number of amides is 1. The van der Waals surface area contributed by atoms with Gasteiger partial charge in [-0.15, -0.1) is 0 Å². The Kier molecular flexibility index (Phi) is 4.99. The third kappa shape index (κ3) is 3.96. The summed E-state index contributed by atoms with van der Waals surface area (Å²) in [6.45, 7) is -0.238. The van der Waals surface area contributed by atoms with Crippen molar-refractivity contribution in [3.05, 3.63) is 65.2 Å². The summed E-state index contributed by atoms with van der Waals surface area (Å²) in [4.78, 5) is 12.3. The van der Waals surface area contributed by atoms with Crippen molar-refractivity contribution in [1.82, 2.24) is 5.32 Å². The van der Waals surface area contributed by atoms with E-state index >= 15 is 0 Å². The molecule has 6 heteroatoms. The summed E-state index contributed by atoms with van der Waals surface area (Å²) in [7, 11) is 0. The Labute approximate surface area is 144 Å². The summed E-state index contributed by atoms with van der Waals surface area (Å²) in [6, 6.07) is 10.0. The van der Waals surface area contributed by atoms with Gasteiger partial charge < -0.3 is 15.5 Å². The largest absolute Gasteiger partial charge is 0.508 e. The molecule has 3 atom stereocenters. The maximum absolute atomic E-state index is 13.8. The van der Waals surface area contributed by atoms with Crippen LogP contribution in [0.3, 0.4) is 0 Å². The van der Waals surface area contributed by atoms with E-state index in [0.717, 1.165) is 11.6 Å². The van der Waals surface area contributed by atoms with Gasteiger partial charge in [-0.2, -0.15) is 0 Å². The predicted octanol–water partition coefficient (Wildman–Crippen LogP) is 2.49. The molecule has 1 aliphatic rings. The Bertz CT molecular complexity index is 764. The molecule has 2 aromatic rings. The van der Waals surface area contributed by atoms with Gasteiger partial charge in [0, 0.05) is 5.92 Å². The average Bonchev–Trinajstić information content (AvgIpc) is 3.39. The molecule has 2 unspecified atom stereocenters. The lowest BCUT2D eigenvalue weighted by Crippen LogP contribution is -2.40. The first-order valence-electron chi connectivity index (χ1n) is 8.12. The lowest BCUT2D eigenvalue weighted by atomic mass is 10.1. The van der Waals surface area contributed by atoms with Gasteiger partial charge in [0.2, 0.25) is 5.91 Å². The van der Waals surface area contributed by atoms with Crippen LogP contribution in [0.15, 0.2) is 42.5 Å². The summed E-state index contributed by atoms with van der Waals surface area (Å²) in [5, 5.41) is 21.5. The normalized spacial score (nSPS) is 20.1. The molecule has 1 amide bonds. The smallest absolute Gasteiger partial charge is 0.224 e. The van der Waals surface area contributed by atoms with E-state index in [0.29, 0.717) is 12.8 Å². The van der Waals surface area contributed by atoms with Gasteiger partial charge >= 0.3 is 0 Å². The summed E-state index contributed by atoms with van der Waals surface area (Å²) >= 11 is 0. The molecule has 0 spiro atoms. The fraction of sp³-hybridized carbons (Fsp3) is 0.316. The van der Waals surface area contributed by atoms with Crippen LogP contribution in [-0.4, -0.2) is 28.8 Å². The van der Waals surface area contributed by atoms with Crippen LogP contribution >= 0.6 is 0 Å². The molecule has 132 valence electrons. The van der Waals surface area contributed by atoms with Gasteiger partial charge in [0.05, 0.1) is 12.6 Å². The van der Waals surface area contributed by atoms with Gasteiger partial charge in [-0.3, -0.25) is 4.79 Å². The van der Waals surface area contributed by atoms with Crippen LogP contribution in [0.1, 0.15) is 23.5 Å². The molecule has 1 saturated carbocycles. The predicted molar refractivity (Wildman–Crippen MR) is 88.0 cm³/mol. The van der Waals surface area contributed by atoms with E-state index in [1.54, 1.807) is 12.1 Å². The third-order valence-corrected chi connectivity index (χ3v) is 4.49. The number of aromatic hydroxyl groups is 1. The summed E-state index contributed by atoms with van der Waals surface area (Å²) in [5.74, 6) is -2.68. The van der Waals surface area contributed by atoms with Crippen LogP contribution < -0.4 is 5.32 Å². The molecule has 3 N–H and O–H groups in total. The first-order chi connectivity index (χ1) is 12.0. The molecule has 0 aliphatic heterocycles. The number of aliphatic hydroxyl groups excluding tert-OH is 1. The van der Waals surface area contributed by atoms with Crippen LogP contribution in [0.4, 0.5) is 8.78 Å². The highest BCUT2D eigenvalue weighted by atomic mass is 19.2. The quantitative estimate of drug-likeness (QED) is 0.752. The van der Waals surface area contributed by atoms with Crippen LogP contribution in [0.25, 0.3) is 0 Å². The number of benzene rings is 2. The Morgan fingerprint density at radius 3 is 2.60 bits per heavy atom. The monoisotopic (exact) mass is 347 g/mol. The summed E-state index contributed by atoms with van der Waals surface area (Å²) < 4.78 is 27.1. The second kappa shape index (κ2) is 7.19. The zero-order chi connectivity index (χ0) is 18.0. The van der Waals surface area contributed by atoms with Crippen LogP contribution in [0.5, 0.6) is 5.75 Å². The van der Waals surface area contributed by atoms with E-state index in [1.807, 2.05) is 0 Å². The molecule has 0 heterocycles. The summed E-state index contributed by atoms with van der Waals surface area (Å²) in [6.07, 6.45) is 0.873. The topological polar surface area (TPSA) is 69.6 Å². The fourth-order valence-corrected chi connectivity index (χ4v) is 3.02. The van der Waals surface area contributed by atoms with Crippen LogP contribution in [0.2, 0.25) is 0 Å². The second-order valence-corrected chi connectivity index (χ2v) is 6.35. The number of carbonyl (C=O) groups is 1. The molecule has 1 fully saturated rings. The van der Waals surface area contributed by atoms with Crippen molar-refractivity contribution < 1.29 is 23.8 Å². The molecule has 1 aliphatic carbocycles. The maximum atomic E-state index is 13.8. The van der Waals surface area contributed by atoms with Gasteiger partial charge in [0.25, 0.3) is 0 Å². The van der Waals surface area contributed by atoms with Gasteiger partial charge in [0.15, 0.2) is 11.6 Å². The summed E-state index contributed by atoms with van der Waals surface area (Å²) in [5.41, 5.74) is 1.08. The van der Waals surface area contributed by atoms with E-state index in [9.17, 15) is 23.8 Å². The minimum Gasteiger partial charge on any atom is -0.508 e. The number of rotatable bonds is 6. The minimum atomic E-state index is -0.913. The van der Waals surface area contributed by atoms with E-state index in [-0.39, 0.29) is 29.7 Å². The molecule has 0 radical (unpaired) electrons. The van der Waals surface area contributed by atoms with Crippen LogP contribution in [-0.2, 0) is 11.2 Å². The van der Waals surface area contributed by atoms with E-state index in [1.165, 1.54) is 24.3 Å². The lowest BCUT2D eigenvalue weighted by molar-refractivity contribution is -0.123. The number of phenolic OH excluding ortho intramolecular Hbond substituents is 1. The van der Waals surface area contributed by atoms with Crippen molar-refractivity contribution in [3.8, 4) is 5.75 Å². The average molecular weight is 347 g/mol. The SMILES string of the molecule is O=C(N[C@H](CO)Cc1ccc(O)cc1)C1CC1c1cccc(F)c1F. The first-order valence-corrected chi connectivity index (χ1v) is 8.12. The number of halogens is 2. The molecule has 0 saturated heterocycles. The van der Waals surface area contributed by atoms with Gasteiger partial charge in [0.1, 0.15) is 5.75 Å². The highest BCUT2D eigenvalue weighted by Crippen LogP contribution is 2.48. The Hall–Kier alpha value is -2.47. The van der Waals surface area contributed by atoms with Crippen LogP contribution in [0, 0.1) is 17.6 Å². The molecule has 4 nitrogen and oxygen atoms in total. The zero-order valence-corrected chi connectivity index (χ0v) is 13.5. The fourth-order valence-electron chi connectivity index (χ4n) is 3.02. The molecule has 3 rings (SSSR count). The molecular formula is C19H19F2NO3. The first kappa shape index (κ1) is 17.4. The highest BCUT2D eigenvalue weighted by molar-refractivity contribution is 5.83. The van der Waals surface area contributed by atoms with E-state index in [4.69, 9.17) is 0 Å². The third-order valence-electron chi connectivity index (χ3n) is 4.49. The Morgan fingerprint density at radius 2 is 1.92 bits per heavy atom. The molecular weight excluding hydrogens is 328 g/mol. The molecule has 2 aromatic carbocycles. The standard InChI is InChI=1S/C19H19F2NO3/c20-17-3-1-2-14(18(17)21)15-9-16(15)19(25)22-12(10-23)8-11-4-6-13(24)7-5-11/h1-7,12,15-16,23-24H,8-10H2,(H,22,25)/t12-,15?,16?/m0/s1. The Balaban J connectivity index is 1.60. The maximum Gasteiger partial charge on any atom is 0.224 e. The highest BCUT2D eigenvalue weighted by Gasteiger charge is 2.45. The van der Waals surface area contributed by atoms with Gasteiger partial charge in [-0.25, -0.2) is 8.78 Å². The van der Waals surface area contributed by atoms with E-state index < -0.39 is 23.6 Å². The number of phenols is 1. The number of carbonyl (C=O) groups excluding carboxylic acids is 1. The van der Waals surface area contributed by atoms with Crippen molar-refractivity contribution >= 4 is 5.91 Å². The van der Waals surface area contributed by atoms with Crippen molar-refractivity contribution in [2.45, 2.75) is 24.8 Å². The minimum absolute atomic E-state index is 0.145. The van der Waals surface area contributed by atoms with Gasteiger partial charge in [-0.1, -0.05) is 24.3 Å². The number of aliphatic hydroxyl groups is 1. The molecule has 25 heavy (non-hydrogen) atoms. The molecule has 0 aromatic heterocycles. The van der Waals surface area contributed by atoms with Crippen molar-refractivity contribution in [1.29, 1.82) is 0 Å². The van der Waals surface area contributed by atoms with E-state index in [2.05, 4.69) is 5.32 Å². The molecule has 0 bridgehead atoms. The Morgan fingerprint density at radius 1 is 1.20 bits per heavy atom. The van der Waals surface area contributed by atoms with Crippen molar-refractivity contribution in [3.63, 3.8) is 0 Å². The zero-order valence-electron chi connectivity index (χ0n) is 13.5.